The SMILES string of the molecule is O=C(O)c1ccc(Cc2cc3cc(C(=O)NCc4ccc(Br)cc4)ccc3cc2O)cc1. The second-order valence-electron chi connectivity index (χ2n) is 7.53. The summed E-state index contributed by atoms with van der Waals surface area (Å²) in [4.78, 5) is 23.7. The molecule has 0 saturated heterocycles. The molecule has 6 heteroatoms. The van der Waals surface area contributed by atoms with E-state index in [-0.39, 0.29) is 17.2 Å². The fourth-order valence-corrected chi connectivity index (χ4v) is 3.75. The fourth-order valence-electron chi connectivity index (χ4n) is 3.49. The molecule has 0 saturated carbocycles. The minimum atomic E-state index is -0.976. The van der Waals surface area contributed by atoms with Gasteiger partial charge in [0.15, 0.2) is 0 Å². The van der Waals surface area contributed by atoms with Crippen molar-refractivity contribution in [1.29, 1.82) is 0 Å². The molecule has 1 amide bonds. The van der Waals surface area contributed by atoms with Crippen molar-refractivity contribution in [3.05, 3.63) is 111 Å². The molecule has 3 N–H and O–H groups in total. The predicted octanol–water partition coefficient (Wildman–Crippen LogP) is 5.53. The number of aromatic hydroxyl groups is 1. The van der Waals surface area contributed by atoms with E-state index in [1.807, 2.05) is 42.5 Å². The third-order valence-corrected chi connectivity index (χ3v) is 5.79. The minimum absolute atomic E-state index is 0.159. The first-order chi connectivity index (χ1) is 15.4. The number of aromatic carboxylic acids is 1. The van der Waals surface area contributed by atoms with E-state index < -0.39 is 5.97 Å². The van der Waals surface area contributed by atoms with E-state index in [1.165, 1.54) is 0 Å². The molecule has 0 unspecified atom stereocenters. The lowest BCUT2D eigenvalue weighted by Crippen LogP contribution is -2.22. The zero-order valence-electron chi connectivity index (χ0n) is 17.0. The number of phenolic OH excluding ortho intramolecular Hbond substituents is 1. The Kier molecular flexibility index (Phi) is 6.23. The van der Waals surface area contributed by atoms with Gasteiger partial charge in [0.25, 0.3) is 5.91 Å². The molecule has 0 aromatic heterocycles. The standard InChI is InChI=1S/C26H20BrNO4/c27-23-9-3-17(4-10-23)15-28-25(30)20-8-7-19-14-24(29)22(13-21(19)12-20)11-16-1-5-18(6-2-16)26(31)32/h1-10,12-14,29H,11,15H2,(H,28,30)(H,31,32). The second-order valence-corrected chi connectivity index (χ2v) is 8.45. The summed E-state index contributed by atoms with van der Waals surface area (Å²) in [5.41, 5.74) is 3.34. The maximum absolute atomic E-state index is 12.6. The number of amides is 1. The number of rotatable bonds is 6. The fraction of sp³-hybridized carbons (Fsp3) is 0.0769. The van der Waals surface area contributed by atoms with Gasteiger partial charge in [0.2, 0.25) is 0 Å². The van der Waals surface area contributed by atoms with Gasteiger partial charge in [-0.25, -0.2) is 4.79 Å². The summed E-state index contributed by atoms with van der Waals surface area (Å²) in [6.45, 7) is 0.428. The summed E-state index contributed by atoms with van der Waals surface area (Å²) < 4.78 is 0.985. The number of carbonyl (C=O) groups is 2. The van der Waals surface area contributed by atoms with Crippen molar-refractivity contribution in [2.45, 2.75) is 13.0 Å². The van der Waals surface area contributed by atoms with Gasteiger partial charge in [-0.3, -0.25) is 4.79 Å². The van der Waals surface area contributed by atoms with Crippen LogP contribution >= 0.6 is 15.9 Å². The molecule has 0 aliphatic rings. The highest BCUT2D eigenvalue weighted by Crippen LogP contribution is 2.28. The molecule has 4 aromatic rings. The molecule has 4 aromatic carbocycles. The number of fused-ring (bicyclic) bond motifs is 1. The summed E-state index contributed by atoms with van der Waals surface area (Å²) in [5.74, 6) is -0.989. The molecule has 0 aliphatic heterocycles. The summed E-state index contributed by atoms with van der Waals surface area (Å²) in [6, 6.07) is 23.2. The average molecular weight is 490 g/mol. The normalized spacial score (nSPS) is 10.8. The molecule has 0 spiro atoms. The topological polar surface area (TPSA) is 86.6 Å². The van der Waals surface area contributed by atoms with Crippen LogP contribution in [0, 0.1) is 0 Å². The highest BCUT2D eigenvalue weighted by atomic mass is 79.9. The third-order valence-electron chi connectivity index (χ3n) is 5.26. The molecule has 0 radical (unpaired) electrons. The van der Waals surface area contributed by atoms with E-state index >= 15 is 0 Å². The van der Waals surface area contributed by atoms with Gasteiger partial charge in [-0.2, -0.15) is 0 Å². The Morgan fingerprint density at radius 3 is 2.12 bits per heavy atom. The smallest absolute Gasteiger partial charge is 0.335 e. The number of carbonyl (C=O) groups excluding carboxylic acids is 1. The van der Waals surface area contributed by atoms with Crippen LogP contribution in [0.2, 0.25) is 0 Å². The number of carboxylic acids is 1. The molecule has 5 nitrogen and oxygen atoms in total. The van der Waals surface area contributed by atoms with Gasteiger partial charge >= 0.3 is 5.97 Å². The Morgan fingerprint density at radius 1 is 0.781 bits per heavy atom. The number of benzene rings is 4. The van der Waals surface area contributed by atoms with Gasteiger partial charge in [0.1, 0.15) is 5.75 Å². The van der Waals surface area contributed by atoms with Crippen LogP contribution in [0.25, 0.3) is 10.8 Å². The Hall–Kier alpha value is -3.64. The van der Waals surface area contributed by atoms with Crippen LogP contribution < -0.4 is 5.32 Å². The summed E-state index contributed by atoms with van der Waals surface area (Å²) >= 11 is 3.40. The van der Waals surface area contributed by atoms with E-state index in [4.69, 9.17) is 5.11 Å². The van der Waals surface area contributed by atoms with Gasteiger partial charge in [0.05, 0.1) is 5.56 Å². The lowest BCUT2D eigenvalue weighted by molar-refractivity contribution is 0.0696. The number of nitrogens with one attached hydrogen (secondary N) is 1. The largest absolute Gasteiger partial charge is 0.508 e. The highest BCUT2D eigenvalue weighted by molar-refractivity contribution is 9.10. The van der Waals surface area contributed by atoms with Crippen molar-refractivity contribution in [3.8, 4) is 5.75 Å². The predicted molar refractivity (Wildman–Crippen MR) is 127 cm³/mol. The van der Waals surface area contributed by atoms with Crippen LogP contribution in [0.15, 0.2) is 83.3 Å². The minimum Gasteiger partial charge on any atom is -0.508 e. The molecule has 0 heterocycles. The first kappa shape index (κ1) is 21.6. The van der Waals surface area contributed by atoms with Crippen molar-refractivity contribution in [2.24, 2.45) is 0 Å². The number of carboxylic acid groups (broad SMARTS) is 1. The number of halogens is 1. The van der Waals surface area contributed by atoms with E-state index in [0.29, 0.717) is 24.1 Å². The van der Waals surface area contributed by atoms with Crippen LogP contribution in [-0.2, 0) is 13.0 Å². The van der Waals surface area contributed by atoms with Gasteiger partial charge in [-0.15, -0.1) is 0 Å². The molecule has 0 aliphatic carbocycles. The molecular formula is C26H20BrNO4. The van der Waals surface area contributed by atoms with Crippen LogP contribution in [-0.4, -0.2) is 22.1 Å². The monoisotopic (exact) mass is 489 g/mol. The number of hydrogen-bond donors (Lipinski definition) is 3. The van der Waals surface area contributed by atoms with E-state index in [2.05, 4.69) is 21.2 Å². The molecule has 160 valence electrons. The van der Waals surface area contributed by atoms with Gasteiger partial charge < -0.3 is 15.5 Å². The first-order valence-corrected chi connectivity index (χ1v) is 10.8. The zero-order valence-corrected chi connectivity index (χ0v) is 18.6. The van der Waals surface area contributed by atoms with Gasteiger partial charge in [-0.05, 0) is 76.0 Å². The third kappa shape index (κ3) is 4.98. The maximum Gasteiger partial charge on any atom is 0.335 e. The Labute approximate surface area is 193 Å². The molecule has 32 heavy (non-hydrogen) atoms. The molecule has 4 rings (SSSR count). The molecule has 0 bridgehead atoms. The van der Waals surface area contributed by atoms with Crippen LogP contribution in [0.1, 0.15) is 37.4 Å². The van der Waals surface area contributed by atoms with E-state index in [0.717, 1.165) is 26.4 Å². The van der Waals surface area contributed by atoms with Crippen molar-refractivity contribution in [2.75, 3.05) is 0 Å². The Balaban J connectivity index is 1.53. The van der Waals surface area contributed by atoms with E-state index in [1.54, 1.807) is 36.4 Å². The van der Waals surface area contributed by atoms with Gasteiger partial charge in [0, 0.05) is 23.0 Å². The maximum atomic E-state index is 12.6. The van der Waals surface area contributed by atoms with Crippen molar-refractivity contribution < 1.29 is 19.8 Å². The van der Waals surface area contributed by atoms with Crippen LogP contribution in [0.4, 0.5) is 0 Å². The number of hydrogen-bond acceptors (Lipinski definition) is 3. The quantitative estimate of drug-likeness (QED) is 0.332. The van der Waals surface area contributed by atoms with Crippen molar-refractivity contribution in [3.63, 3.8) is 0 Å². The Morgan fingerprint density at radius 2 is 1.44 bits per heavy atom. The zero-order chi connectivity index (χ0) is 22.7. The molecular weight excluding hydrogens is 470 g/mol. The molecule has 0 atom stereocenters. The van der Waals surface area contributed by atoms with Gasteiger partial charge in [-0.1, -0.05) is 46.3 Å². The van der Waals surface area contributed by atoms with Crippen molar-refractivity contribution in [1.82, 2.24) is 5.32 Å². The summed E-state index contributed by atoms with van der Waals surface area (Å²) in [5, 5.41) is 24.1. The van der Waals surface area contributed by atoms with Crippen LogP contribution in [0.3, 0.4) is 0 Å². The van der Waals surface area contributed by atoms with E-state index in [9.17, 15) is 14.7 Å². The first-order valence-electron chi connectivity index (χ1n) is 9.99. The average Bonchev–Trinajstić information content (AvgIpc) is 2.79. The Bertz CT molecular complexity index is 1300. The summed E-state index contributed by atoms with van der Waals surface area (Å²) in [7, 11) is 0. The summed E-state index contributed by atoms with van der Waals surface area (Å²) in [6.07, 6.45) is 0.446. The lowest BCUT2D eigenvalue weighted by atomic mass is 9.98. The highest BCUT2D eigenvalue weighted by Gasteiger charge is 2.10. The van der Waals surface area contributed by atoms with Crippen molar-refractivity contribution >= 4 is 38.6 Å². The second kappa shape index (κ2) is 9.24. The lowest BCUT2D eigenvalue weighted by Gasteiger charge is -2.10. The molecule has 0 fully saturated rings. The number of phenols is 1. The van der Waals surface area contributed by atoms with Crippen LogP contribution in [0.5, 0.6) is 5.75 Å².